The van der Waals surface area contributed by atoms with Gasteiger partial charge in [-0.1, -0.05) is 40.5 Å². The number of aliphatic hydroxyl groups is 1. The molecule has 9 atom stereocenters. The zero-order valence-electron chi connectivity index (χ0n) is 33.2. The van der Waals surface area contributed by atoms with Crippen LogP contribution in [0.1, 0.15) is 112 Å². The molecule has 0 aliphatic heterocycles. The Bertz CT molecular complexity index is 1190. The summed E-state index contributed by atoms with van der Waals surface area (Å²) in [6.07, 6.45) is 3.37. The average molecular weight is 771 g/mol. The van der Waals surface area contributed by atoms with Crippen molar-refractivity contribution in [2.75, 3.05) is 19.6 Å². The minimum absolute atomic E-state index is 0.117. The van der Waals surface area contributed by atoms with Crippen LogP contribution >= 0.6 is 0 Å². The van der Waals surface area contributed by atoms with Gasteiger partial charge < -0.3 is 59.9 Å². The van der Waals surface area contributed by atoms with Crippen LogP contribution in [0, 0.1) is 11.8 Å². The molecule has 0 aromatic heterocycles. The molecule has 0 saturated carbocycles. The molecule has 0 saturated heterocycles. The summed E-state index contributed by atoms with van der Waals surface area (Å²) in [7, 11) is 0. The third-order valence-electron chi connectivity index (χ3n) is 9.47. The lowest BCUT2D eigenvalue weighted by Gasteiger charge is -2.30. The van der Waals surface area contributed by atoms with Gasteiger partial charge in [0, 0.05) is 6.92 Å². The number of carbonyl (C=O) groups is 7. The van der Waals surface area contributed by atoms with Crippen LogP contribution in [0.25, 0.3) is 0 Å². The van der Waals surface area contributed by atoms with Crippen molar-refractivity contribution in [2.24, 2.45) is 34.8 Å². The highest BCUT2D eigenvalue weighted by Crippen LogP contribution is 2.13. The number of carbonyl (C=O) groups excluding carboxylic acids is 7. The predicted molar refractivity (Wildman–Crippen MR) is 206 cm³/mol. The number of hydrogen-bond acceptors (Lipinski definition) is 11. The fourth-order valence-electron chi connectivity index (χ4n) is 5.65. The highest BCUT2D eigenvalue weighted by molar-refractivity contribution is 5.97. The third kappa shape index (κ3) is 18.9. The fourth-order valence-corrected chi connectivity index (χ4v) is 5.65. The lowest BCUT2D eigenvalue weighted by atomic mass is 9.96. The molecule has 0 aromatic carbocycles. The first-order chi connectivity index (χ1) is 25.5. The summed E-state index contributed by atoms with van der Waals surface area (Å²) >= 11 is 0. The van der Waals surface area contributed by atoms with E-state index in [9.17, 15) is 38.7 Å². The van der Waals surface area contributed by atoms with Crippen molar-refractivity contribution in [3.8, 4) is 0 Å². The quantitative estimate of drug-likeness (QED) is 0.0380. The Balaban J connectivity index is 6.29. The molecule has 0 heterocycles. The number of nitrogens with one attached hydrogen (secondary N) is 6. The minimum atomic E-state index is -1.49. The molecular formula is C36H70N10O8. The number of rotatable bonds is 29. The van der Waals surface area contributed by atoms with Crippen LogP contribution in [0.3, 0.4) is 0 Å². The van der Waals surface area contributed by atoms with Crippen molar-refractivity contribution in [3.05, 3.63) is 0 Å². The Hall–Kier alpha value is -3.87. The summed E-state index contributed by atoms with van der Waals surface area (Å²) < 4.78 is 0. The molecule has 18 heteroatoms. The molecule has 0 aliphatic rings. The largest absolute Gasteiger partial charge is 0.391 e. The van der Waals surface area contributed by atoms with Crippen LogP contribution in [0.2, 0.25) is 0 Å². The van der Waals surface area contributed by atoms with Crippen LogP contribution in [-0.2, 0) is 33.6 Å². The molecule has 15 N–H and O–H groups in total. The number of nitrogens with two attached hydrogens (primary N) is 4. The van der Waals surface area contributed by atoms with E-state index in [1.54, 1.807) is 13.8 Å². The first kappa shape index (κ1) is 50.1. The topological polar surface area (TPSA) is 316 Å². The maximum atomic E-state index is 13.9. The summed E-state index contributed by atoms with van der Waals surface area (Å²) in [6, 6.07) is -6.84. The Morgan fingerprint density at radius 1 is 0.500 bits per heavy atom. The standard InChI is InChI=1S/C36H70N10O8/c1-7-21(3)28(31(40)49)44-33(51)26(16-10-13-19-38)42-35(53)29(22(4)8-2)45-34(52)27(17-11-14-20-39)43-36(54)30(23(5)47)46-32(50)25(41-24(6)48)15-9-12-18-37/h21-23,25-30,47H,7-20,37-39H2,1-6H3,(H2,40,49)(H,41,48)(H,42,53)(H,43,54)(H,44,51)(H,45,52)(H,46,50)/t21-,22-,23+,25-,26-,27-,28-,29-,30-/m0/s1. The number of hydrogen-bond donors (Lipinski definition) is 11. The minimum Gasteiger partial charge on any atom is -0.391 e. The lowest BCUT2D eigenvalue weighted by Crippen LogP contribution is -2.62. The molecule has 0 aromatic rings. The van der Waals surface area contributed by atoms with E-state index < -0.39 is 89.6 Å². The summed E-state index contributed by atoms with van der Waals surface area (Å²) in [4.78, 5) is 91.8. The average Bonchev–Trinajstić information content (AvgIpc) is 3.12. The summed E-state index contributed by atoms with van der Waals surface area (Å²) in [5.74, 6) is -5.35. The summed E-state index contributed by atoms with van der Waals surface area (Å²) in [5.41, 5.74) is 22.5. The molecule has 0 rings (SSSR count). The van der Waals surface area contributed by atoms with Crippen molar-refractivity contribution >= 4 is 41.4 Å². The SMILES string of the molecule is CC[C@H](C)[C@H](NC(=O)[C@H](CCCCN)NC(=O)[C@@H](NC(=O)[C@H](CCCCN)NC(=O)[C@@H](NC(=O)[C@H](CCCCN)NC(C)=O)[C@@H](C)O)[C@@H](C)CC)C(N)=O. The van der Waals surface area contributed by atoms with Gasteiger partial charge >= 0.3 is 0 Å². The maximum absolute atomic E-state index is 13.9. The molecule has 0 bridgehead atoms. The summed E-state index contributed by atoms with van der Waals surface area (Å²) in [5, 5.41) is 26.3. The van der Waals surface area contributed by atoms with Gasteiger partial charge in [-0.05, 0) is 96.2 Å². The van der Waals surface area contributed by atoms with Crippen LogP contribution < -0.4 is 54.8 Å². The second kappa shape index (κ2) is 27.7. The number of primary amides is 1. The molecule has 0 fully saturated rings. The molecular weight excluding hydrogens is 700 g/mol. The second-order valence-electron chi connectivity index (χ2n) is 14.1. The normalized spacial score (nSPS) is 16.2. The first-order valence-electron chi connectivity index (χ1n) is 19.4. The fraction of sp³-hybridized carbons (Fsp3) is 0.806. The van der Waals surface area contributed by atoms with Crippen molar-refractivity contribution in [3.63, 3.8) is 0 Å². The Kier molecular flexibility index (Phi) is 25.7. The van der Waals surface area contributed by atoms with E-state index >= 15 is 0 Å². The molecule has 0 unspecified atom stereocenters. The van der Waals surface area contributed by atoms with Crippen molar-refractivity contribution in [1.29, 1.82) is 0 Å². The van der Waals surface area contributed by atoms with E-state index in [1.807, 2.05) is 13.8 Å². The highest BCUT2D eigenvalue weighted by Gasteiger charge is 2.36. The second-order valence-corrected chi connectivity index (χ2v) is 14.1. The molecule has 54 heavy (non-hydrogen) atoms. The molecule has 0 spiro atoms. The van der Waals surface area contributed by atoms with Crippen molar-refractivity contribution < 1.29 is 38.7 Å². The monoisotopic (exact) mass is 771 g/mol. The number of aliphatic hydroxyl groups excluding tert-OH is 1. The number of amides is 7. The van der Waals surface area contributed by atoms with Gasteiger partial charge in [-0.15, -0.1) is 0 Å². The van der Waals surface area contributed by atoms with E-state index in [2.05, 4.69) is 31.9 Å². The Labute approximate surface area is 320 Å². The molecule has 0 aliphatic carbocycles. The van der Waals surface area contributed by atoms with Gasteiger partial charge in [0.25, 0.3) is 0 Å². The zero-order valence-corrected chi connectivity index (χ0v) is 33.2. The van der Waals surface area contributed by atoms with Crippen LogP contribution in [0.15, 0.2) is 0 Å². The Morgan fingerprint density at radius 2 is 0.833 bits per heavy atom. The van der Waals surface area contributed by atoms with Gasteiger partial charge in [0.05, 0.1) is 6.10 Å². The van der Waals surface area contributed by atoms with Crippen LogP contribution in [-0.4, -0.2) is 108 Å². The zero-order chi connectivity index (χ0) is 41.4. The van der Waals surface area contributed by atoms with Crippen molar-refractivity contribution in [2.45, 2.75) is 155 Å². The van der Waals surface area contributed by atoms with E-state index in [0.29, 0.717) is 71.0 Å². The molecule has 0 radical (unpaired) electrons. The molecule has 18 nitrogen and oxygen atoms in total. The van der Waals surface area contributed by atoms with E-state index in [1.165, 1.54) is 13.8 Å². The Morgan fingerprint density at radius 3 is 1.17 bits per heavy atom. The van der Waals surface area contributed by atoms with Gasteiger partial charge in [0.1, 0.15) is 36.3 Å². The van der Waals surface area contributed by atoms with Gasteiger partial charge in [0.15, 0.2) is 0 Å². The third-order valence-corrected chi connectivity index (χ3v) is 9.47. The van der Waals surface area contributed by atoms with Crippen LogP contribution in [0.5, 0.6) is 0 Å². The number of unbranched alkanes of at least 4 members (excludes halogenated alkanes) is 3. The summed E-state index contributed by atoms with van der Waals surface area (Å²) in [6.45, 7) is 10.8. The van der Waals surface area contributed by atoms with E-state index in [-0.39, 0.29) is 25.2 Å². The van der Waals surface area contributed by atoms with E-state index in [0.717, 1.165) is 0 Å². The van der Waals surface area contributed by atoms with Gasteiger partial charge in [-0.2, -0.15) is 0 Å². The molecule has 312 valence electrons. The van der Waals surface area contributed by atoms with Crippen LogP contribution in [0.4, 0.5) is 0 Å². The highest BCUT2D eigenvalue weighted by atomic mass is 16.3. The van der Waals surface area contributed by atoms with Gasteiger partial charge in [-0.3, -0.25) is 33.6 Å². The lowest BCUT2D eigenvalue weighted by molar-refractivity contribution is -0.137. The van der Waals surface area contributed by atoms with Crippen molar-refractivity contribution in [1.82, 2.24) is 31.9 Å². The smallest absolute Gasteiger partial charge is 0.245 e. The molecule has 7 amide bonds. The predicted octanol–water partition coefficient (Wildman–Crippen LogP) is -1.74. The van der Waals surface area contributed by atoms with Gasteiger partial charge in [0.2, 0.25) is 41.4 Å². The first-order valence-corrected chi connectivity index (χ1v) is 19.4. The maximum Gasteiger partial charge on any atom is 0.245 e. The van der Waals surface area contributed by atoms with Gasteiger partial charge in [-0.25, -0.2) is 0 Å². The van der Waals surface area contributed by atoms with E-state index in [4.69, 9.17) is 22.9 Å².